The van der Waals surface area contributed by atoms with Crippen molar-refractivity contribution in [2.45, 2.75) is 13.0 Å². The van der Waals surface area contributed by atoms with Crippen molar-refractivity contribution in [1.82, 2.24) is 14.8 Å². The lowest BCUT2D eigenvalue weighted by Crippen LogP contribution is -2.51. The van der Waals surface area contributed by atoms with Gasteiger partial charge in [-0.1, -0.05) is 0 Å². The van der Waals surface area contributed by atoms with Crippen molar-refractivity contribution in [2.75, 3.05) is 19.6 Å². The van der Waals surface area contributed by atoms with Crippen LogP contribution in [0.3, 0.4) is 0 Å². The fourth-order valence-corrected chi connectivity index (χ4v) is 1.96. The number of amides is 1. The Morgan fingerprint density at radius 2 is 2.31 bits per heavy atom. The number of aryl methyl sites for hydroxylation is 1. The molecule has 1 amide bonds. The van der Waals surface area contributed by atoms with Gasteiger partial charge in [-0.05, 0) is 19.1 Å². The van der Waals surface area contributed by atoms with Gasteiger partial charge in [-0.15, -0.1) is 12.4 Å². The van der Waals surface area contributed by atoms with Crippen LogP contribution in [0, 0.1) is 0 Å². The molecule has 1 saturated heterocycles. The third-order valence-electron chi connectivity index (χ3n) is 2.82. The van der Waals surface area contributed by atoms with Gasteiger partial charge in [0.25, 0.3) is 5.91 Å². The lowest BCUT2D eigenvalue weighted by atomic mass is 10.2. The molecule has 0 spiro atoms. The molecule has 0 radical (unpaired) electrons. The summed E-state index contributed by atoms with van der Waals surface area (Å²) < 4.78 is 1.87. The summed E-state index contributed by atoms with van der Waals surface area (Å²) in [6, 6.07) is 4.16. The summed E-state index contributed by atoms with van der Waals surface area (Å²) in [7, 11) is 1.90. The van der Waals surface area contributed by atoms with Gasteiger partial charge in [0.05, 0.1) is 0 Å². The molecule has 1 aromatic rings. The molecule has 90 valence electrons. The zero-order valence-electron chi connectivity index (χ0n) is 9.64. The van der Waals surface area contributed by atoms with Crippen molar-refractivity contribution in [3.8, 4) is 0 Å². The number of carbonyl (C=O) groups is 1. The van der Waals surface area contributed by atoms with E-state index in [4.69, 9.17) is 0 Å². The molecule has 1 aliphatic rings. The first kappa shape index (κ1) is 13.1. The average molecular weight is 244 g/mol. The van der Waals surface area contributed by atoms with E-state index in [2.05, 4.69) is 12.2 Å². The first-order valence-corrected chi connectivity index (χ1v) is 5.32. The molecule has 5 heteroatoms. The predicted molar refractivity (Wildman–Crippen MR) is 66.0 cm³/mol. The summed E-state index contributed by atoms with van der Waals surface area (Å²) in [5.74, 6) is 0.135. The van der Waals surface area contributed by atoms with Crippen molar-refractivity contribution >= 4 is 18.3 Å². The van der Waals surface area contributed by atoms with Gasteiger partial charge >= 0.3 is 0 Å². The summed E-state index contributed by atoms with van der Waals surface area (Å²) in [5, 5.41) is 3.33. The summed E-state index contributed by atoms with van der Waals surface area (Å²) in [5.41, 5.74) is 0.768. The average Bonchev–Trinajstić information content (AvgIpc) is 2.63. The van der Waals surface area contributed by atoms with E-state index >= 15 is 0 Å². The van der Waals surface area contributed by atoms with E-state index in [-0.39, 0.29) is 18.3 Å². The van der Waals surface area contributed by atoms with Gasteiger partial charge in [-0.3, -0.25) is 4.79 Å². The van der Waals surface area contributed by atoms with Crippen LogP contribution in [-0.4, -0.2) is 41.1 Å². The molecular weight excluding hydrogens is 226 g/mol. The molecule has 1 fully saturated rings. The molecule has 0 aliphatic carbocycles. The molecule has 0 bridgehead atoms. The largest absolute Gasteiger partial charge is 0.347 e. The SMILES string of the molecule is C[C@H]1CN(C(=O)c2cccn2C)CCN1.Cl. The van der Waals surface area contributed by atoms with Crippen LogP contribution in [0.1, 0.15) is 17.4 Å². The smallest absolute Gasteiger partial charge is 0.270 e. The summed E-state index contributed by atoms with van der Waals surface area (Å²) in [4.78, 5) is 14.0. The second-order valence-electron chi connectivity index (χ2n) is 4.11. The number of halogens is 1. The quantitative estimate of drug-likeness (QED) is 0.795. The highest BCUT2D eigenvalue weighted by atomic mass is 35.5. The fourth-order valence-electron chi connectivity index (χ4n) is 1.96. The highest BCUT2D eigenvalue weighted by Gasteiger charge is 2.22. The van der Waals surface area contributed by atoms with E-state index in [1.807, 2.05) is 34.8 Å². The maximum atomic E-state index is 12.1. The second kappa shape index (κ2) is 5.37. The Balaban J connectivity index is 0.00000128. The first-order chi connectivity index (χ1) is 7.18. The Bertz CT molecular complexity index is 364. The Labute approximate surface area is 102 Å². The van der Waals surface area contributed by atoms with E-state index in [1.165, 1.54) is 0 Å². The van der Waals surface area contributed by atoms with E-state index in [0.717, 1.165) is 25.3 Å². The van der Waals surface area contributed by atoms with Gasteiger partial charge in [0, 0.05) is 38.9 Å². The van der Waals surface area contributed by atoms with Crippen molar-refractivity contribution in [2.24, 2.45) is 7.05 Å². The van der Waals surface area contributed by atoms with Crippen LogP contribution in [-0.2, 0) is 7.05 Å². The first-order valence-electron chi connectivity index (χ1n) is 5.32. The number of piperazine rings is 1. The van der Waals surface area contributed by atoms with Crippen LogP contribution in [0.5, 0.6) is 0 Å². The zero-order chi connectivity index (χ0) is 10.8. The molecule has 0 unspecified atom stereocenters. The molecular formula is C11H18ClN3O. The number of aromatic nitrogens is 1. The number of nitrogens with zero attached hydrogens (tertiary/aromatic N) is 2. The molecule has 16 heavy (non-hydrogen) atoms. The van der Waals surface area contributed by atoms with Gasteiger partial charge < -0.3 is 14.8 Å². The van der Waals surface area contributed by atoms with Crippen molar-refractivity contribution < 1.29 is 4.79 Å². The van der Waals surface area contributed by atoms with Crippen LogP contribution < -0.4 is 5.32 Å². The molecule has 1 aromatic heterocycles. The molecule has 1 aliphatic heterocycles. The van der Waals surface area contributed by atoms with Gasteiger partial charge in [0.1, 0.15) is 5.69 Å². The monoisotopic (exact) mass is 243 g/mol. The Hall–Kier alpha value is -1.00. The molecule has 2 rings (SSSR count). The minimum Gasteiger partial charge on any atom is -0.347 e. The van der Waals surface area contributed by atoms with E-state index in [1.54, 1.807) is 0 Å². The maximum absolute atomic E-state index is 12.1. The standard InChI is InChI=1S/C11H17N3O.ClH/c1-9-8-14(7-5-12-9)11(15)10-4-3-6-13(10)2;/h3-4,6,9,12H,5,7-8H2,1-2H3;1H/t9-;/m0./s1. The fraction of sp³-hybridized carbons (Fsp3) is 0.545. The third-order valence-corrected chi connectivity index (χ3v) is 2.82. The molecule has 0 aromatic carbocycles. The second-order valence-corrected chi connectivity index (χ2v) is 4.11. The van der Waals surface area contributed by atoms with Gasteiger partial charge in [0.15, 0.2) is 0 Å². The Kier molecular flexibility index (Phi) is 4.38. The summed E-state index contributed by atoms with van der Waals surface area (Å²) in [6.07, 6.45) is 1.90. The zero-order valence-corrected chi connectivity index (χ0v) is 10.5. The number of nitrogens with one attached hydrogen (secondary N) is 1. The van der Waals surface area contributed by atoms with Crippen molar-refractivity contribution in [3.05, 3.63) is 24.0 Å². The molecule has 1 atom stereocenters. The lowest BCUT2D eigenvalue weighted by Gasteiger charge is -2.31. The number of hydrogen-bond acceptors (Lipinski definition) is 2. The van der Waals surface area contributed by atoms with Gasteiger partial charge in [-0.2, -0.15) is 0 Å². The number of rotatable bonds is 1. The lowest BCUT2D eigenvalue weighted by molar-refractivity contribution is 0.0699. The molecule has 4 nitrogen and oxygen atoms in total. The third kappa shape index (κ3) is 2.57. The van der Waals surface area contributed by atoms with Crippen LogP contribution in [0.4, 0.5) is 0 Å². The van der Waals surface area contributed by atoms with Crippen molar-refractivity contribution in [1.29, 1.82) is 0 Å². The van der Waals surface area contributed by atoms with Gasteiger partial charge in [0.2, 0.25) is 0 Å². The van der Waals surface area contributed by atoms with Crippen LogP contribution >= 0.6 is 12.4 Å². The Morgan fingerprint density at radius 1 is 1.56 bits per heavy atom. The van der Waals surface area contributed by atoms with Crippen LogP contribution in [0.2, 0.25) is 0 Å². The van der Waals surface area contributed by atoms with Gasteiger partial charge in [-0.25, -0.2) is 0 Å². The minimum absolute atomic E-state index is 0. The Morgan fingerprint density at radius 3 is 2.88 bits per heavy atom. The number of carbonyl (C=O) groups excluding carboxylic acids is 1. The van der Waals surface area contributed by atoms with E-state index in [0.29, 0.717) is 6.04 Å². The van der Waals surface area contributed by atoms with Crippen LogP contribution in [0.25, 0.3) is 0 Å². The van der Waals surface area contributed by atoms with Crippen LogP contribution in [0.15, 0.2) is 18.3 Å². The van der Waals surface area contributed by atoms with Crippen molar-refractivity contribution in [3.63, 3.8) is 0 Å². The highest BCUT2D eigenvalue weighted by Crippen LogP contribution is 2.07. The highest BCUT2D eigenvalue weighted by molar-refractivity contribution is 5.92. The molecule has 0 saturated carbocycles. The molecule has 1 N–H and O–H groups in total. The predicted octanol–water partition coefficient (Wildman–Crippen LogP) is 0.881. The summed E-state index contributed by atoms with van der Waals surface area (Å²) >= 11 is 0. The number of hydrogen-bond donors (Lipinski definition) is 1. The maximum Gasteiger partial charge on any atom is 0.270 e. The minimum atomic E-state index is 0. The molecule has 2 heterocycles. The topological polar surface area (TPSA) is 37.3 Å². The van der Waals surface area contributed by atoms with E-state index in [9.17, 15) is 4.79 Å². The normalized spacial score (nSPS) is 20.4. The summed E-state index contributed by atoms with van der Waals surface area (Å²) in [6.45, 7) is 4.58. The van der Waals surface area contributed by atoms with E-state index < -0.39 is 0 Å².